The maximum Gasteiger partial charge on any atom is 0.341 e. The molecule has 0 aromatic heterocycles. The number of carboxylic acid groups (broad SMARTS) is 2. The van der Waals surface area contributed by atoms with Crippen molar-refractivity contribution in [2.45, 2.75) is 9.71 Å². The molecule has 0 spiro atoms. The van der Waals surface area contributed by atoms with Crippen molar-refractivity contribution < 1.29 is 29.3 Å². The third kappa shape index (κ3) is 6.99. The van der Waals surface area contributed by atoms with Gasteiger partial charge in [-0.25, -0.2) is 9.59 Å². The lowest BCUT2D eigenvalue weighted by atomic mass is 9.90. The summed E-state index contributed by atoms with van der Waals surface area (Å²) in [5.41, 5.74) is 0.162. The lowest BCUT2D eigenvalue weighted by Crippen LogP contribution is -2.22. The summed E-state index contributed by atoms with van der Waals surface area (Å²) in [7, 11) is 0. The van der Waals surface area contributed by atoms with Crippen LogP contribution in [0.1, 0.15) is 17.0 Å². The molecule has 0 heterocycles. The van der Waals surface area contributed by atoms with Crippen molar-refractivity contribution in [3.8, 4) is 11.5 Å². The van der Waals surface area contributed by atoms with Crippen molar-refractivity contribution in [2.24, 2.45) is 0 Å². The van der Waals surface area contributed by atoms with Crippen molar-refractivity contribution in [1.29, 1.82) is 0 Å². The van der Waals surface area contributed by atoms with E-state index in [4.69, 9.17) is 101 Å². The first-order valence-corrected chi connectivity index (χ1v) is 10.7. The minimum atomic E-state index is -2.12. The summed E-state index contributed by atoms with van der Waals surface area (Å²) in [6, 6.07) is 5.33. The first-order valence-electron chi connectivity index (χ1n) is 8.05. The minimum absolute atomic E-state index is 0.0517. The third-order valence-electron chi connectivity index (χ3n) is 3.70. The summed E-state index contributed by atoms with van der Waals surface area (Å²) in [5, 5.41) is 18.1. The number of benzene rings is 2. The smallest absolute Gasteiger partial charge is 0.341 e. The maximum absolute atomic E-state index is 11.0. The maximum atomic E-state index is 11.0. The van der Waals surface area contributed by atoms with Crippen LogP contribution in [0, 0.1) is 0 Å². The van der Waals surface area contributed by atoms with Gasteiger partial charge < -0.3 is 19.7 Å². The zero-order valence-electron chi connectivity index (χ0n) is 15.0. The summed E-state index contributed by atoms with van der Waals surface area (Å²) in [5.74, 6) is -4.06. The van der Waals surface area contributed by atoms with E-state index < -0.39 is 34.9 Å². The van der Waals surface area contributed by atoms with Gasteiger partial charge in [-0.15, -0.1) is 0 Å². The molecule has 0 unspecified atom stereocenters. The number of hydrogen-bond donors (Lipinski definition) is 2. The number of aliphatic carboxylic acids is 2. The molecule has 6 nitrogen and oxygen atoms in total. The first kappa shape index (κ1) is 26.3. The van der Waals surface area contributed by atoms with Crippen LogP contribution >= 0.6 is 81.2 Å². The molecule has 2 N–H and O–H groups in total. The van der Waals surface area contributed by atoms with E-state index in [0.29, 0.717) is 0 Å². The van der Waals surface area contributed by atoms with Crippen molar-refractivity contribution in [3.05, 3.63) is 55.5 Å². The van der Waals surface area contributed by atoms with E-state index in [1.807, 2.05) is 0 Å². The Morgan fingerprint density at radius 2 is 1.13 bits per heavy atom. The Balaban J connectivity index is 2.80. The third-order valence-corrected chi connectivity index (χ3v) is 5.36. The van der Waals surface area contributed by atoms with E-state index in [2.05, 4.69) is 0 Å². The Bertz CT molecular complexity index is 932. The van der Waals surface area contributed by atoms with Gasteiger partial charge in [-0.1, -0.05) is 81.2 Å². The van der Waals surface area contributed by atoms with E-state index in [-0.39, 0.29) is 42.7 Å². The normalized spacial score (nSPS) is 11.5. The standard InChI is InChI=1S/C18H11Cl7O6/c19-7-1-9(16(11(21)3-7)30-5-13(26)27)15(18(23,24)25)10-2-8(20)4-12(22)17(10)31-6-14(28)29/h1-4,15H,5-6H2,(H,26,27)(H,28,29). The SMILES string of the molecule is O=C(O)COc1c(Cl)cc(Cl)cc1C(c1cc(Cl)cc(Cl)c1OCC(=O)O)C(Cl)(Cl)Cl. The molecule has 0 fully saturated rings. The van der Waals surface area contributed by atoms with Crippen LogP contribution in [0.15, 0.2) is 24.3 Å². The second-order valence-electron chi connectivity index (χ2n) is 5.95. The van der Waals surface area contributed by atoms with Gasteiger partial charge in [-0.3, -0.25) is 0 Å². The van der Waals surface area contributed by atoms with Crippen molar-refractivity contribution in [2.75, 3.05) is 13.2 Å². The van der Waals surface area contributed by atoms with E-state index in [1.54, 1.807) is 0 Å². The molecule has 0 saturated carbocycles. The van der Waals surface area contributed by atoms with Crippen LogP contribution in [-0.4, -0.2) is 39.2 Å². The molecule has 0 aliphatic heterocycles. The second-order valence-corrected chi connectivity index (χ2v) is 10.0. The molecule has 31 heavy (non-hydrogen) atoms. The number of ether oxygens (including phenoxy) is 2. The van der Waals surface area contributed by atoms with Crippen LogP contribution in [0.4, 0.5) is 0 Å². The van der Waals surface area contributed by atoms with Gasteiger partial charge >= 0.3 is 11.9 Å². The molecule has 13 heteroatoms. The van der Waals surface area contributed by atoms with Crippen LogP contribution in [0.25, 0.3) is 0 Å². The molecule has 168 valence electrons. The molecule has 0 amide bonds. The van der Waals surface area contributed by atoms with Gasteiger partial charge in [-0.05, 0) is 24.3 Å². The van der Waals surface area contributed by atoms with Crippen LogP contribution < -0.4 is 9.47 Å². The predicted molar refractivity (Wildman–Crippen MR) is 121 cm³/mol. The predicted octanol–water partition coefficient (Wildman–Crippen LogP) is 6.73. The molecule has 0 radical (unpaired) electrons. The lowest BCUT2D eigenvalue weighted by molar-refractivity contribution is -0.140. The highest BCUT2D eigenvalue weighted by Crippen LogP contribution is 2.53. The molecular formula is C18H11Cl7O6. The average molecular weight is 571 g/mol. The van der Waals surface area contributed by atoms with Gasteiger partial charge in [0, 0.05) is 21.2 Å². The summed E-state index contributed by atoms with van der Waals surface area (Å²) in [6.45, 7) is -1.50. The Hall–Kier alpha value is -0.990. The monoisotopic (exact) mass is 568 g/mol. The summed E-state index contributed by atoms with van der Waals surface area (Å²) >= 11 is 43.5. The average Bonchev–Trinajstić information content (AvgIpc) is 2.58. The van der Waals surface area contributed by atoms with Crippen LogP contribution in [-0.2, 0) is 9.59 Å². The van der Waals surface area contributed by atoms with Crippen molar-refractivity contribution in [3.63, 3.8) is 0 Å². The van der Waals surface area contributed by atoms with E-state index >= 15 is 0 Å². The summed E-state index contributed by atoms with van der Waals surface area (Å²) < 4.78 is 8.51. The van der Waals surface area contributed by atoms with Crippen LogP contribution in [0.5, 0.6) is 11.5 Å². The topological polar surface area (TPSA) is 93.1 Å². The van der Waals surface area contributed by atoms with Gasteiger partial charge in [0.25, 0.3) is 0 Å². The van der Waals surface area contributed by atoms with Gasteiger partial charge in [0.2, 0.25) is 3.79 Å². The first-order chi connectivity index (χ1) is 14.3. The number of rotatable bonds is 8. The quantitative estimate of drug-likeness (QED) is 0.342. The summed E-state index contributed by atoms with van der Waals surface area (Å²) in [4.78, 5) is 22.0. The fraction of sp³-hybridized carbons (Fsp3) is 0.222. The molecule has 2 aromatic carbocycles. The second kappa shape index (κ2) is 10.8. The number of carbonyl (C=O) groups is 2. The highest BCUT2D eigenvalue weighted by molar-refractivity contribution is 6.68. The van der Waals surface area contributed by atoms with E-state index in [0.717, 1.165) is 0 Å². The van der Waals surface area contributed by atoms with Crippen LogP contribution in [0.3, 0.4) is 0 Å². The van der Waals surface area contributed by atoms with Gasteiger partial charge in [-0.2, -0.15) is 0 Å². The Labute approximate surface area is 211 Å². The minimum Gasteiger partial charge on any atom is -0.480 e. The zero-order chi connectivity index (χ0) is 23.5. The van der Waals surface area contributed by atoms with E-state index in [1.165, 1.54) is 24.3 Å². The molecule has 0 saturated heterocycles. The number of carboxylic acids is 2. The fourth-order valence-corrected chi connectivity index (χ4v) is 4.51. The molecule has 2 rings (SSSR count). The van der Waals surface area contributed by atoms with E-state index in [9.17, 15) is 9.59 Å². The molecule has 0 bridgehead atoms. The van der Waals surface area contributed by atoms with Gasteiger partial charge in [0.05, 0.1) is 16.0 Å². The Kier molecular flexibility index (Phi) is 9.11. The van der Waals surface area contributed by atoms with Crippen molar-refractivity contribution in [1.82, 2.24) is 0 Å². The lowest BCUT2D eigenvalue weighted by Gasteiger charge is -2.29. The fourth-order valence-electron chi connectivity index (χ4n) is 2.68. The van der Waals surface area contributed by atoms with Crippen LogP contribution in [0.2, 0.25) is 20.1 Å². The molecule has 0 aliphatic carbocycles. The zero-order valence-corrected chi connectivity index (χ0v) is 20.3. The Morgan fingerprint density at radius 3 is 1.42 bits per heavy atom. The molecule has 0 atom stereocenters. The number of alkyl halides is 3. The summed E-state index contributed by atoms with van der Waals surface area (Å²) in [6.07, 6.45) is 0. The van der Waals surface area contributed by atoms with Crippen molar-refractivity contribution >= 4 is 93.1 Å². The molecule has 2 aromatic rings. The largest absolute Gasteiger partial charge is 0.480 e. The number of hydrogen-bond acceptors (Lipinski definition) is 4. The molecule has 0 aliphatic rings. The van der Waals surface area contributed by atoms with Gasteiger partial charge in [0.1, 0.15) is 11.5 Å². The highest BCUT2D eigenvalue weighted by Gasteiger charge is 2.40. The van der Waals surface area contributed by atoms with Gasteiger partial charge in [0.15, 0.2) is 13.2 Å². The molecular weight excluding hydrogens is 560 g/mol. The number of halogens is 7. The Morgan fingerprint density at radius 1 is 0.774 bits per heavy atom. The highest BCUT2D eigenvalue weighted by atomic mass is 35.6.